The molecule has 2 aromatic carbocycles. The third-order valence-corrected chi connectivity index (χ3v) is 4.45. The van der Waals surface area contributed by atoms with Gasteiger partial charge >= 0.3 is 0 Å². The van der Waals surface area contributed by atoms with Crippen LogP contribution in [0.3, 0.4) is 0 Å². The van der Waals surface area contributed by atoms with Crippen molar-refractivity contribution in [1.82, 2.24) is 4.90 Å². The van der Waals surface area contributed by atoms with E-state index in [1.807, 2.05) is 0 Å². The Labute approximate surface area is 133 Å². The van der Waals surface area contributed by atoms with E-state index in [2.05, 4.69) is 66.4 Å². The van der Waals surface area contributed by atoms with Crippen LogP contribution in [0.4, 0.5) is 0 Å². The van der Waals surface area contributed by atoms with Crippen molar-refractivity contribution in [3.63, 3.8) is 0 Å². The van der Waals surface area contributed by atoms with Crippen LogP contribution < -0.4 is 0 Å². The van der Waals surface area contributed by atoms with Crippen molar-refractivity contribution in [2.75, 3.05) is 26.3 Å². The molecule has 0 radical (unpaired) electrons. The molecule has 2 heteroatoms. The van der Waals surface area contributed by atoms with E-state index in [1.165, 1.54) is 23.1 Å². The molecule has 0 aliphatic carbocycles. The summed E-state index contributed by atoms with van der Waals surface area (Å²) in [4.78, 5) is 2.52. The Hall–Kier alpha value is -1.64. The molecule has 0 spiro atoms. The van der Waals surface area contributed by atoms with E-state index in [0.29, 0.717) is 5.92 Å². The molecule has 1 unspecified atom stereocenters. The first-order chi connectivity index (χ1) is 10.8. The Morgan fingerprint density at radius 2 is 1.73 bits per heavy atom. The SMILES string of the molecule is CCN(Cc1ccc(-c2ccccc2)cc1)CC1CCOC1. The van der Waals surface area contributed by atoms with E-state index in [9.17, 15) is 0 Å². The molecule has 1 aliphatic heterocycles. The van der Waals surface area contributed by atoms with E-state index in [1.54, 1.807) is 0 Å². The van der Waals surface area contributed by atoms with E-state index in [0.717, 1.165) is 32.8 Å². The van der Waals surface area contributed by atoms with Gasteiger partial charge in [-0.3, -0.25) is 4.90 Å². The predicted octanol–water partition coefficient (Wildman–Crippen LogP) is 4.21. The van der Waals surface area contributed by atoms with Crippen molar-refractivity contribution in [1.29, 1.82) is 0 Å². The van der Waals surface area contributed by atoms with E-state index in [4.69, 9.17) is 4.74 Å². The number of ether oxygens (including phenoxy) is 1. The summed E-state index contributed by atoms with van der Waals surface area (Å²) in [5.74, 6) is 0.712. The average Bonchev–Trinajstić information content (AvgIpc) is 3.09. The van der Waals surface area contributed by atoms with Crippen molar-refractivity contribution in [3.05, 3.63) is 60.2 Å². The molecule has 1 atom stereocenters. The second kappa shape index (κ2) is 7.57. The number of nitrogens with zero attached hydrogens (tertiary/aromatic N) is 1. The summed E-state index contributed by atoms with van der Waals surface area (Å²) in [7, 11) is 0. The van der Waals surface area contributed by atoms with Gasteiger partial charge in [-0.25, -0.2) is 0 Å². The quantitative estimate of drug-likeness (QED) is 0.791. The molecule has 1 saturated heterocycles. The van der Waals surface area contributed by atoms with Gasteiger partial charge in [-0.05, 0) is 35.6 Å². The predicted molar refractivity (Wildman–Crippen MR) is 91.8 cm³/mol. The van der Waals surface area contributed by atoms with Crippen LogP contribution in [0.1, 0.15) is 18.9 Å². The molecule has 3 rings (SSSR count). The minimum atomic E-state index is 0.712. The van der Waals surface area contributed by atoms with Crippen LogP contribution in [0.2, 0.25) is 0 Å². The van der Waals surface area contributed by atoms with Gasteiger partial charge in [0, 0.05) is 19.7 Å². The van der Waals surface area contributed by atoms with Gasteiger partial charge in [-0.15, -0.1) is 0 Å². The lowest BCUT2D eigenvalue weighted by Gasteiger charge is -2.23. The summed E-state index contributed by atoms with van der Waals surface area (Å²) < 4.78 is 5.49. The molecule has 0 N–H and O–H groups in total. The highest BCUT2D eigenvalue weighted by Crippen LogP contribution is 2.20. The highest BCUT2D eigenvalue weighted by Gasteiger charge is 2.18. The first kappa shape index (κ1) is 15.3. The minimum absolute atomic E-state index is 0.712. The molecule has 2 aromatic rings. The molecule has 0 amide bonds. The molecule has 0 aromatic heterocycles. The zero-order chi connectivity index (χ0) is 15.2. The van der Waals surface area contributed by atoms with Gasteiger partial charge in [0.25, 0.3) is 0 Å². The normalized spacial score (nSPS) is 18.0. The standard InChI is InChI=1S/C20H25NO/c1-2-21(15-18-12-13-22-16-18)14-17-8-10-20(11-9-17)19-6-4-3-5-7-19/h3-11,18H,2,12-16H2,1H3. The second-order valence-electron chi connectivity index (χ2n) is 6.12. The molecule has 1 fully saturated rings. The van der Waals surface area contributed by atoms with Crippen LogP contribution in [-0.2, 0) is 11.3 Å². The minimum Gasteiger partial charge on any atom is -0.381 e. The summed E-state index contributed by atoms with van der Waals surface area (Å²) in [6, 6.07) is 19.5. The first-order valence-electron chi connectivity index (χ1n) is 8.29. The van der Waals surface area contributed by atoms with Crippen LogP contribution >= 0.6 is 0 Å². The lowest BCUT2D eigenvalue weighted by atomic mass is 10.0. The highest BCUT2D eigenvalue weighted by atomic mass is 16.5. The third-order valence-electron chi connectivity index (χ3n) is 4.45. The zero-order valence-electron chi connectivity index (χ0n) is 13.4. The lowest BCUT2D eigenvalue weighted by Crippen LogP contribution is -2.29. The molecule has 2 nitrogen and oxygen atoms in total. The van der Waals surface area contributed by atoms with Crippen molar-refractivity contribution in [3.8, 4) is 11.1 Å². The fourth-order valence-electron chi connectivity index (χ4n) is 3.09. The molecule has 0 saturated carbocycles. The Balaban J connectivity index is 1.62. The van der Waals surface area contributed by atoms with E-state index in [-0.39, 0.29) is 0 Å². The second-order valence-corrected chi connectivity index (χ2v) is 6.12. The Morgan fingerprint density at radius 3 is 2.36 bits per heavy atom. The summed E-state index contributed by atoms with van der Waals surface area (Å²) in [5, 5.41) is 0. The van der Waals surface area contributed by atoms with Gasteiger partial charge in [-0.2, -0.15) is 0 Å². The number of benzene rings is 2. The summed E-state index contributed by atoms with van der Waals surface area (Å²) in [6.45, 7) is 7.39. The van der Waals surface area contributed by atoms with E-state index < -0.39 is 0 Å². The maximum Gasteiger partial charge on any atom is 0.0507 e. The van der Waals surface area contributed by atoms with Crippen molar-refractivity contribution >= 4 is 0 Å². The number of rotatable bonds is 6. The van der Waals surface area contributed by atoms with Crippen LogP contribution in [-0.4, -0.2) is 31.2 Å². The third kappa shape index (κ3) is 3.96. The van der Waals surface area contributed by atoms with Crippen LogP contribution in [0, 0.1) is 5.92 Å². The highest BCUT2D eigenvalue weighted by molar-refractivity contribution is 5.63. The largest absolute Gasteiger partial charge is 0.381 e. The summed E-state index contributed by atoms with van der Waals surface area (Å²) >= 11 is 0. The monoisotopic (exact) mass is 295 g/mol. The van der Waals surface area contributed by atoms with Gasteiger partial charge in [-0.1, -0.05) is 61.5 Å². The molecular formula is C20H25NO. The smallest absolute Gasteiger partial charge is 0.0507 e. The number of hydrogen-bond donors (Lipinski definition) is 0. The van der Waals surface area contributed by atoms with Crippen molar-refractivity contribution in [2.45, 2.75) is 19.9 Å². The molecule has 0 bridgehead atoms. The molecule has 22 heavy (non-hydrogen) atoms. The Morgan fingerprint density at radius 1 is 1.00 bits per heavy atom. The lowest BCUT2D eigenvalue weighted by molar-refractivity contribution is 0.167. The Kier molecular flexibility index (Phi) is 5.25. The van der Waals surface area contributed by atoms with Crippen LogP contribution in [0.25, 0.3) is 11.1 Å². The van der Waals surface area contributed by atoms with Gasteiger partial charge < -0.3 is 4.74 Å². The molecule has 1 heterocycles. The summed E-state index contributed by atoms with van der Waals surface area (Å²) in [6.07, 6.45) is 1.21. The fraction of sp³-hybridized carbons (Fsp3) is 0.400. The molecule has 1 aliphatic rings. The molecular weight excluding hydrogens is 270 g/mol. The van der Waals surface area contributed by atoms with Gasteiger partial charge in [0.1, 0.15) is 0 Å². The maximum absolute atomic E-state index is 5.49. The van der Waals surface area contributed by atoms with Gasteiger partial charge in [0.05, 0.1) is 6.61 Å². The van der Waals surface area contributed by atoms with Crippen molar-refractivity contribution < 1.29 is 4.74 Å². The zero-order valence-corrected chi connectivity index (χ0v) is 13.4. The van der Waals surface area contributed by atoms with E-state index >= 15 is 0 Å². The maximum atomic E-state index is 5.49. The van der Waals surface area contributed by atoms with Crippen LogP contribution in [0.5, 0.6) is 0 Å². The van der Waals surface area contributed by atoms with Crippen LogP contribution in [0.15, 0.2) is 54.6 Å². The summed E-state index contributed by atoms with van der Waals surface area (Å²) in [5.41, 5.74) is 3.96. The van der Waals surface area contributed by atoms with Gasteiger partial charge in [0.15, 0.2) is 0 Å². The topological polar surface area (TPSA) is 12.5 Å². The number of hydrogen-bond acceptors (Lipinski definition) is 2. The average molecular weight is 295 g/mol. The Bertz CT molecular complexity index is 558. The molecule has 116 valence electrons. The first-order valence-corrected chi connectivity index (χ1v) is 8.29. The van der Waals surface area contributed by atoms with Gasteiger partial charge in [0.2, 0.25) is 0 Å². The fourth-order valence-corrected chi connectivity index (χ4v) is 3.09. The van der Waals surface area contributed by atoms with Crippen molar-refractivity contribution in [2.24, 2.45) is 5.92 Å².